The van der Waals surface area contributed by atoms with Gasteiger partial charge in [0.15, 0.2) is 0 Å². The Hall–Kier alpha value is -3.52. The van der Waals surface area contributed by atoms with Crippen molar-refractivity contribution in [2.45, 2.75) is 19.9 Å². The van der Waals surface area contributed by atoms with E-state index in [4.69, 9.17) is 5.26 Å². The van der Waals surface area contributed by atoms with E-state index >= 15 is 0 Å². The Balaban J connectivity index is 1.43. The Morgan fingerprint density at radius 3 is 2.67 bits per heavy atom. The van der Waals surface area contributed by atoms with Crippen LogP contribution >= 0.6 is 0 Å². The summed E-state index contributed by atoms with van der Waals surface area (Å²) in [6.45, 7) is 5.89. The summed E-state index contributed by atoms with van der Waals surface area (Å²) in [5.41, 5.74) is 4.58. The second kappa shape index (κ2) is 8.87. The largest absolute Gasteiger partial charge is 0.368 e. The number of amides is 1. The molecule has 3 aromatic rings. The van der Waals surface area contributed by atoms with Crippen LogP contribution in [0.25, 0.3) is 17.0 Å². The minimum atomic E-state index is 0.0488. The van der Waals surface area contributed by atoms with Gasteiger partial charge in [-0.3, -0.25) is 4.79 Å². The van der Waals surface area contributed by atoms with E-state index in [-0.39, 0.29) is 5.91 Å². The van der Waals surface area contributed by atoms with Crippen molar-refractivity contribution in [1.29, 1.82) is 5.26 Å². The molecule has 0 spiro atoms. The summed E-state index contributed by atoms with van der Waals surface area (Å²) >= 11 is 0. The normalized spacial score (nSPS) is 14.4. The first kappa shape index (κ1) is 19.8. The summed E-state index contributed by atoms with van der Waals surface area (Å²) in [5.74, 6) is 0.0488. The average molecular weight is 399 g/mol. The van der Waals surface area contributed by atoms with Gasteiger partial charge in [0.2, 0.25) is 5.91 Å². The number of hydrogen-bond donors (Lipinski definition) is 0. The van der Waals surface area contributed by atoms with Crippen LogP contribution in [-0.2, 0) is 11.3 Å². The lowest BCUT2D eigenvalue weighted by Gasteiger charge is -2.35. The van der Waals surface area contributed by atoms with Gasteiger partial charge in [-0.05, 0) is 36.8 Å². The quantitative estimate of drug-likeness (QED) is 0.605. The monoisotopic (exact) mass is 398 g/mol. The molecule has 0 N–H and O–H groups in total. The first-order valence-corrected chi connectivity index (χ1v) is 10.4. The SMILES string of the molecule is Cc1cccc(N2CCN(C(=O)/C=C/c3cn(CCC#N)c4ccccc34)CC2)c1. The molecule has 1 fully saturated rings. The van der Waals surface area contributed by atoms with Crippen LogP contribution in [0.5, 0.6) is 0 Å². The minimum absolute atomic E-state index is 0.0488. The molecule has 0 radical (unpaired) electrons. The van der Waals surface area contributed by atoms with Gasteiger partial charge in [-0.1, -0.05) is 30.3 Å². The average Bonchev–Trinajstić information content (AvgIpc) is 3.14. The van der Waals surface area contributed by atoms with Gasteiger partial charge in [-0.25, -0.2) is 0 Å². The number of carbonyl (C=O) groups excluding carboxylic acids is 1. The summed E-state index contributed by atoms with van der Waals surface area (Å²) in [7, 11) is 0. The fraction of sp³-hybridized carbons (Fsp3) is 0.280. The van der Waals surface area contributed by atoms with Crippen molar-refractivity contribution < 1.29 is 4.79 Å². The van der Waals surface area contributed by atoms with Crippen molar-refractivity contribution in [2.75, 3.05) is 31.1 Å². The van der Waals surface area contributed by atoms with E-state index in [1.165, 1.54) is 11.3 Å². The van der Waals surface area contributed by atoms with E-state index in [2.05, 4.69) is 58.9 Å². The van der Waals surface area contributed by atoms with Gasteiger partial charge in [0.1, 0.15) is 0 Å². The van der Waals surface area contributed by atoms with Crippen molar-refractivity contribution in [3.63, 3.8) is 0 Å². The van der Waals surface area contributed by atoms with Crippen molar-refractivity contribution in [1.82, 2.24) is 9.47 Å². The molecule has 152 valence electrons. The third-order valence-electron chi connectivity index (χ3n) is 5.65. The zero-order valence-electron chi connectivity index (χ0n) is 17.3. The Labute approximate surface area is 177 Å². The number of benzene rings is 2. The first-order valence-electron chi connectivity index (χ1n) is 10.4. The van der Waals surface area contributed by atoms with Crippen LogP contribution in [0.2, 0.25) is 0 Å². The maximum Gasteiger partial charge on any atom is 0.246 e. The molecule has 4 rings (SSSR count). The van der Waals surface area contributed by atoms with E-state index < -0.39 is 0 Å². The summed E-state index contributed by atoms with van der Waals surface area (Å²) in [6.07, 6.45) is 6.08. The summed E-state index contributed by atoms with van der Waals surface area (Å²) in [5, 5.41) is 10.0. The second-order valence-corrected chi connectivity index (χ2v) is 7.69. The van der Waals surface area contributed by atoms with Crippen molar-refractivity contribution >= 4 is 28.6 Å². The van der Waals surface area contributed by atoms with E-state index in [9.17, 15) is 4.79 Å². The molecule has 0 bridgehead atoms. The summed E-state index contributed by atoms with van der Waals surface area (Å²) < 4.78 is 2.09. The van der Waals surface area contributed by atoms with Crippen molar-refractivity contribution in [2.24, 2.45) is 0 Å². The molecule has 1 aliphatic heterocycles. The summed E-state index contributed by atoms with van der Waals surface area (Å²) in [4.78, 5) is 17.0. The molecule has 0 atom stereocenters. The molecule has 30 heavy (non-hydrogen) atoms. The van der Waals surface area contributed by atoms with Gasteiger partial charge >= 0.3 is 0 Å². The van der Waals surface area contributed by atoms with E-state index in [0.29, 0.717) is 13.0 Å². The van der Waals surface area contributed by atoms with Crippen LogP contribution in [0, 0.1) is 18.3 Å². The zero-order chi connectivity index (χ0) is 20.9. The third-order valence-corrected chi connectivity index (χ3v) is 5.65. The second-order valence-electron chi connectivity index (χ2n) is 7.69. The standard InChI is InChI=1S/C25H26N4O/c1-20-6-4-7-22(18-20)27-14-16-28(17-15-27)25(30)11-10-21-19-29(13-5-12-26)24-9-3-2-8-23(21)24/h2-4,6-11,18-19H,5,13-17H2,1H3/b11-10+. The zero-order valence-corrected chi connectivity index (χ0v) is 17.3. The number of nitriles is 1. The molecule has 1 saturated heterocycles. The van der Waals surface area contributed by atoms with Crippen molar-refractivity contribution in [3.8, 4) is 6.07 Å². The van der Waals surface area contributed by atoms with Gasteiger partial charge in [-0.15, -0.1) is 0 Å². The number of hydrogen-bond acceptors (Lipinski definition) is 3. The molecule has 0 aliphatic carbocycles. The fourth-order valence-electron chi connectivity index (χ4n) is 4.04. The van der Waals surface area contributed by atoms with Crippen LogP contribution in [0.1, 0.15) is 17.5 Å². The maximum atomic E-state index is 12.8. The number of aromatic nitrogens is 1. The van der Waals surface area contributed by atoms with E-state index in [1.54, 1.807) is 6.08 Å². The Morgan fingerprint density at radius 1 is 1.10 bits per heavy atom. The van der Waals surface area contributed by atoms with Crippen LogP contribution in [0.15, 0.2) is 60.8 Å². The smallest absolute Gasteiger partial charge is 0.246 e. The predicted octanol–water partition coefficient (Wildman–Crippen LogP) is 4.23. The number of rotatable bonds is 5. The fourth-order valence-corrected chi connectivity index (χ4v) is 4.04. The Morgan fingerprint density at radius 2 is 1.90 bits per heavy atom. The maximum absolute atomic E-state index is 12.8. The van der Waals surface area contributed by atoms with Gasteiger partial charge in [0.25, 0.3) is 0 Å². The number of para-hydroxylation sites is 1. The minimum Gasteiger partial charge on any atom is -0.368 e. The van der Waals surface area contributed by atoms with Gasteiger partial charge < -0.3 is 14.4 Å². The van der Waals surface area contributed by atoms with Gasteiger partial charge in [0.05, 0.1) is 12.5 Å². The summed E-state index contributed by atoms with van der Waals surface area (Å²) in [6, 6.07) is 18.8. The number of anilines is 1. The van der Waals surface area contributed by atoms with Crippen LogP contribution in [-0.4, -0.2) is 41.6 Å². The topological polar surface area (TPSA) is 52.3 Å². The molecular weight excluding hydrogens is 372 g/mol. The number of aryl methyl sites for hydroxylation is 2. The Bertz CT molecular complexity index is 1110. The number of nitrogens with zero attached hydrogens (tertiary/aromatic N) is 4. The first-order chi connectivity index (χ1) is 14.7. The molecule has 5 heteroatoms. The van der Waals surface area contributed by atoms with Crippen LogP contribution in [0.4, 0.5) is 5.69 Å². The molecule has 1 aliphatic rings. The molecule has 2 aromatic carbocycles. The Kier molecular flexibility index (Phi) is 5.85. The number of fused-ring (bicyclic) bond motifs is 1. The van der Waals surface area contributed by atoms with Gasteiger partial charge in [0, 0.05) is 67.2 Å². The number of carbonyl (C=O) groups is 1. The number of piperazine rings is 1. The molecular formula is C25H26N4O. The molecule has 0 saturated carbocycles. The molecule has 5 nitrogen and oxygen atoms in total. The highest BCUT2D eigenvalue weighted by molar-refractivity contribution is 5.96. The van der Waals surface area contributed by atoms with Crippen molar-refractivity contribution in [3.05, 3.63) is 71.9 Å². The van der Waals surface area contributed by atoms with Gasteiger partial charge in [-0.2, -0.15) is 5.26 Å². The predicted molar refractivity (Wildman–Crippen MR) is 121 cm³/mol. The molecule has 2 heterocycles. The van der Waals surface area contributed by atoms with E-state index in [1.807, 2.05) is 29.3 Å². The lowest BCUT2D eigenvalue weighted by molar-refractivity contribution is -0.126. The molecule has 0 unspecified atom stereocenters. The molecule has 1 amide bonds. The van der Waals surface area contributed by atoms with Crippen LogP contribution in [0.3, 0.4) is 0 Å². The highest BCUT2D eigenvalue weighted by Crippen LogP contribution is 2.23. The highest BCUT2D eigenvalue weighted by Gasteiger charge is 2.20. The molecule has 1 aromatic heterocycles. The lowest BCUT2D eigenvalue weighted by Crippen LogP contribution is -2.48. The lowest BCUT2D eigenvalue weighted by atomic mass is 10.1. The third kappa shape index (κ3) is 4.23. The highest BCUT2D eigenvalue weighted by atomic mass is 16.2. The van der Waals surface area contributed by atoms with Crippen LogP contribution < -0.4 is 4.90 Å². The van der Waals surface area contributed by atoms with E-state index in [0.717, 1.165) is 42.6 Å².